The van der Waals surface area contributed by atoms with Crippen LogP contribution in [-0.4, -0.2) is 24.3 Å². The quantitative estimate of drug-likeness (QED) is 0.791. The SMILES string of the molecule is CCC(NCCC(C)NC(=O)OC(C)(C)C)c1ccc(F)cc1. The van der Waals surface area contributed by atoms with Gasteiger partial charge in [-0.15, -0.1) is 0 Å². The summed E-state index contributed by atoms with van der Waals surface area (Å²) in [6.07, 6.45) is 1.31. The molecule has 0 saturated heterocycles. The molecule has 1 amide bonds. The molecule has 2 unspecified atom stereocenters. The van der Waals surface area contributed by atoms with Crippen molar-refractivity contribution in [2.75, 3.05) is 6.54 Å². The van der Waals surface area contributed by atoms with E-state index in [4.69, 9.17) is 4.74 Å². The number of nitrogens with one attached hydrogen (secondary N) is 2. The van der Waals surface area contributed by atoms with Gasteiger partial charge < -0.3 is 15.4 Å². The Morgan fingerprint density at radius 3 is 2.39 bits per heavy atom. The van der Waals surface area contributed by atoms with E-state index in [0.717, 1.165) is 24.9 Å². The molecule has 0 fully saturated rings. The van der Waals surface area contributed by atoms with Crippen molar-refractivity contribution < 1.29 is 13.9 Å². The molecule has 5 heteroatoms. The van der Waals surface area contributed by atoms with E-state index in [2.05, 4.69) is 17.6 Å². The molecule has 1 aromatic carbocycles. The molecule has 0 aliphatic heterocycles. The second-order valence-electron chi connectivity index (χ2n) is 6.80. The van der Waals surface area contributed by atoms with Gasteiger partial charge in [-0.25, -0.2) is 9.18 Å². The fourth-order valence-corrected chi connectivity index (χ4v) is 2.25. The van der Waals surface area contributed by atoms with Crippen LogP contribution in [0.3, 0.4) is 0 Å². The molecular formula is C18H29FN2O2. The minimum atomic E-state index is -0.488. The topological polar surface area (TPSA) is 50.4 Å². The van der Waals surface area contributed by atoms with Crippen LogP contribution in [0.5, 0.6) is 0 Å². The molecule has 23 heavy (non-hydrogen) atoms. The Balaban J connectivity index is 2.36. The highest BCUT2D eigenvalue weighted by Crippen LogP contribution is 2.17. The van der Waals surface area contributed by atoms with Crippen molar-refractivity contribution in [2.24, 2.45) is 0 Å². The molecule has 0 heterocycles. The first kappa shape index (κ1) is 19.4. The number of rotatable bonds is 7. The molecule has 4 nitrogen and oxygen atoms in total. The number of amides is 1. The third kappa shape index (κ3) is 7.98. The lowest BCUT2D eigenvalue weighted by Crippen LogP contribution is -2.39. The number of hydrogen-bond donors (Lipinski definition) is 2. The maximum Gasteiger partial charge on any atom is 0.407 e. The molecule has 0 radical (unpaired) electrons. The summed E-state index contributed by atoms with van der Waals surface area (Å²) in [4.78, 5) is 11.7. The second-order valence-corrected chi connectivity index (χ2v) is 6.80. The molecule has 0 aliphatic carbocycles. The van der Waals surface area contributed by atoms with Crippen LogP contribution >= 0.6 is 0 Å². The molecule has 1 rings (SSSR count). The molecule has 0 spiro atoms. The summed E-state index contributed by atoms with van der Waals surface area (Å²) in [5.74, 6) is -0.223. The van der Waals surface area contributed by atoms with Gasteiger partial charge in [-0.1, -0.05) is 19.1 Å². The van der Waals surface area contributed by atoms with E-state index in [9.17, 15) is 9.18 Å². The van der Waals surface area contributed by atoms with Crippen LogP contribution in [0.2, 0.25) is 0 Å². The minimum Gasteiger partial charge on any atom is -0.444 e. The second kappa shape index (κ2) is 8.87. The molecule has 130 valence electrons. The lowest BCUT2D eigenvalue weighted by atomic mass is 10.0. The summed E-state index contributed by atoms with van der Waals surface area (Å²) in [5.41, 5.74) is 0.583. The molecular weight excluding hydrogens is 295 g/mol. The summed E-state index contributed by atoms with van der Waals surface area (Å²) in [6.45, 7) is 10.3. The van der Waals surface area contributed by atoms with Crippen LogP contribution in [0.4, 0.5) is 9.18 Å². The Hall–Kier alpha value is -1.62. The predicted molar refractivity (Wildman–Crippen MR) is 90.9 cm³/mol. The van der Waals surface area contributed by atoms with E-state index in [1.807, 2.05) is 27.7 Å². The Bertz CT molecular complexity index is 483. The summed E-state index contributed by atoms with van der Waals surface area (Å²) in [5, 5.41) is 6.27. The average Bonchev–Trinajstić information content (AvgIpc) is 2.42. The largest absolute Gasteiger partial charge is 0.444 e. The number of carbonyl (C=O) groups excluding carboxylic acids is 1. The summed E-state index contributed by atoms with van der Waals surface area (Å²) in [6, 6.07) is 6.77. The van der Waals surface area contributed by atoms with Gasteiger partial charge in [-0.3, -0.25) is 0 Å². The van der Waals surface area contributed by atoms with Crippen molar-refractivity contribution in [3.05, 3.63) is 35.6 Å². The molecule has 0 bridgehead atoms. The van der Waals surface area contributed by atoms with Crippen molar-refractivity contribution in [3.8, 4) is 0 Å². The van der Waals surface area contributed by atoms with Crippen LogP contribution in [0.15, 0.2) is 24.3 Å². The number of hydrogen-bond acceptors (Lipinski definition) is 3. The van der Waals surface area contributed by atoms with E-state index in [-0.39, 0.29) is 17.9 Å². The zero-order valence-electron chi connectivity index (χ0n) is 14.8. The van der Waals surface area contributed by atoms with Gasteiger partial charge >= 0.3 is 6.09 Å². The van der Waals surface area contributed by atoms with Gasteiger partial charge in [0.15, 0.2) is 0 Å². The number of alkyl carbamates (subject to hydrolysis) is 1. The molecule has 0 saturated carbocycles. The first-order valence-electron chi connectivity index (χ1n) is 8.19. The molecule has 0 aromatic heterocycles. The van der Waals surface area contributed by atoms with Gasteiger partial charge in [0.1, 0.15) is 11.4 Å². The van der Waals surface area contributed by atoms with Crippen LogP contribution in [0, 0.1) is 5.82 Å². The number of carbonyl (C=O) groups is 1. The van der Waals surface area contributed by atoms with Gasteiger partial charge in [0.2, 0.25) is 0 Å². The van der Waals surface area contributed by atoms with Crippen molar-refractivity contribution in [3.63, 3.8) is 0 Å². The lowest BCUT2D eigenvalue weighted by Gasteiger charge is -2.23. The zero-order valence-corrected chi connectivity index (χ0v) is 14.8. The zero-order chi connectivity index (χ0) is 17.5. The van der Waals surface area contributed by atoms with Crippen LogP contribution in [-0.2, 0) is 4.74 Å². The highest BCUT2D eigenvalue weighted by molar-refractivity contribution is 5.67. The van der Waals surface area contributed by atoms with Gasteiger partial charge in [0, 0.05) is 12.1 Å². The monoisotopic (exact) mass is 324 g/mol. The normalized spacial score (nSPS) is 14.2. The maximum atomic E-state index is 13.0. The Morgan fingerprint density at radius 2 is 1.87 bits per heavy atom. The highest BCUT2D eigenvalue weighted by Gasteiger charge is 2.17. The van der Waals surface area contributed by atoms with Crippen molar-refractivity contribution in [2.45, 2.75) is 65.1 Å². The minimum absolute atomic E-state index is 0.0167. The third-order valence-electron chi connectivity index (χ3n) is 3.41. The third-order valence-corrected chi connectivity index (χ3v) is 3.41. The van der Waals surface area contributed by atoms with E-state index in [0.29, 0.717) is 0 Å². The van der Waals surface area contributed by atoms with Crippen LogP contribution in [0.1, 0.15) is 59.1 Å². The Kier molecular flexibility index (Phi) is 7.49. The fraction of sp³-hybridized carbons (Fsp3) is 0.611. The van der Waals surface area contributed by atoms with Crippen LogP contribution in [0.25, 0.3) is 0 Å². The summed E-state index contributed by atoms with van der Waals surface area (Å²) in [7, 11) is 0. The smallest absolute Gasteiger partial charge is 0.407 e. The predicted octanol–water partition coefficient (Wildman–Crippen LogP) is 4.17. The first-order chi connectivity index (χ1) is 10.7. The van der Waals surface area contributed by atoms with E-state index < -0.39 is 11.7 Å². The number of ether oxygens (including phenoxy) is 1. The van der Waals surface area contributed by atoms with Gasteiger partial charge in [0.25, 0.3) is 0 Å². The Labute approximate surface area is 138 Å². The Morgan fingerprint density at radius 1 is 1.26 bits per heavy atom. The van der Waals surface area contributed by atoms with E-state index in [1.165, 1.54) is 12.1 Å². The lowest BCUT2D eigenvalue weighted by molar-refractivity contribution is 0.0506. The van der Waals surface area contributed by atoms with Crippen molar-refractivity contribution >= 4 is 6.09 Å². The summed E-state index contributed by atoms with van der Waals surface area (Å²) < 4.78 is 18.2. The molecule has 1 aromatic rings. The standard InChI is InChI=1S/C18H29FN2O2/c1-6-16(14-7-9-15(19)10-8-14)20-12-11-13(2)21-17(22)23-18(3,4)5/h7-10,13,16,20H,6,11-12H2,1-5H3,(H,21,22). The molecule has 2 atom stereocenters. The summed E-state index contributed by atoms with van der Waals surface area (Å²) >= 11 is 0. The molecule has 0 aliphatic rings. The maximum absolute atomic E-state index is 13.0. The number of halogens is 1. The van der Waals surface area contributed by atoms with E-state index in [1.54, 1.807) is 12.1 Å². The van der Waals surface area contributed by atoms with Gasteiger partial charge in [0.05, 0.1) is 0 Å². The van der Waals surface area contributed by atoms with Crippen molar-refractivity contribution in [1.82, 2.24) is 10.6 Å². The number of benzene rings is 1. The fourth-order valence-electron chi connectivity index (χ4n) is 2.25. The average molecular weight is 324 g/mol. The first-order valence-corrected chi connectivity index (χ1v) is 8.19. The van der Waals surface area contributed by atoms with Gasteiger partial charge in [-0.05, 0) is 64.8 Å². The van der Waals surface area contributed by atoms with Crippen molar-refractivity contribution in [1.29, 1.82) is 0 Å². The van der Waals surface area contributed by atoms with Gasteiger partial charge in [-0.2, -0.15) is 0 Å². The van der Waals surface area contributed by atoms with Crippen LogP contribution < -0.4 is 10.6 Å². The van der Waals surface area contributed by atoms with E-state index >= 15 is 0 Å². The highest BCUT2D eigenvalue weighted by atomic mass is 19.1. The molecule has 2 N–H and O–H groups in total.